The highest BCUT2D eigenvalue weighted by Gasteiger charge is 2.27. The fourth-order valence-electron chi connectivity index (χ4n) is 1.69. The smallest absolute Gasteiger partial charge is 0.303 e. The average Bonchev–Trinajstić information content (AvgIpc) is 1.96. The summed E-state index contributed by atoms with van der Waals surface area (Å²) in [6.07, 6.45) is 1.40. The molecule has 1 N–H and O–H groups in total. The first-order chi connectivity index (χ1) is 5.59. The molecule has 0 radical (unpaired) electrons. The van der Waals surface area contributed by atoms with E-state index in [1.54, 1.807) is 0 Å². The van der Waals surface area contributed by atoms with E-state index in [4.69, 9.17) is 9.84 Å². The maximum Gasteiger partial charge on any atom is 0.303 e. The molecular formula is C9H16O3. The van der Waals surface area contributed by atoms with Gasteiger partial charge in [0.05, 0.1) is 6.10 Å². The Morgan fingerprint density at radius 1 is 1.58 bits per heavy atom. The molecule has 3 nitrogen and oxygen atoms in total. The van der Waals surface area contributed by atoms with Crippen LogP contribution >= 0.6 is 0 Å². The van der Waals surface area contributed by atoms with Crippen LogP contribution in [0.2, 0.25) is 0 Å². The number of carbonyl (C=O) groups is 1. The van der Waals surface area contributed by atoms with Gasteiger partial charge in [-0.3, -0.25) is 4.79 Å². The first-order valence-corrected chi connectivity index (χ1v) is 4.43. The molecule has 0 aromatic heterocycles. The molecule has 3 atom stereocenters. The SMILES string of the molecule is CC1CC(CC(=O)O)C(C)CO1. The number of ether oxygens (including phenoxy) is 1. The highest BCUT2D eigenvalue weighted by atomic mass is 16.5. The predicted molar refractivity (Wildman–Crippen MR) is 44.9 cm³/mol. The van der Waals surface area contributed by atoms with Crippen LogP contribution in [0.4, 0.5) is 0 Å². The molecule has 70 valence electrons. The van der Waals surface area contributed by atoms with Gasteiger partial charge in [0.2, 0.25) is 0 Å². The van der Waals surface area contributed by atoms with Gasteiger partial charge in [-0.15, -0.1) is 0 Å². The Labute approximate surface area is 72.7 Å². The van der Waals surface area contributed by atoms with Crippen molar-refractivity contribution in [2.45, 2.75) is 32.8 Å². The lowest BCUT2D eigenvalue weighted by Gasteiger charge is -2.31. The lowest BCUT2D eigenvalue weighted by Crippen LogP contribution is -2.31. The Balaban J connectivity index is 2.43. The van der Waals surface area contributed by atoms with Gasteiger partial charge in [-0.05, 0) is 25.2 Å². The first kappa shape index (κ1) is 9.52. The Hall–Kier alpha value is -0.570. The zero-order chi connectivity index (χ0) is 9.14. The van der Waals surface area contributed by atoms with Crippen LogP contribution in [0.5, 0.6) is 0 Å². The zero-order valence-electron chi connectivity index (χ0n) is 7.62. The normalized spacial score (nSPS) is 36.3. The van der Waals surface area contributed by atoms with E-state index in [1.165, 1.54) is 0 Å². The molecule has 12 heavy (non-hydrogen) atoms. The second-order valence-electron chi connectivity index (χ2n) is 3.71. The summed E-state index contributed by atoms with van der Waals surface area (Å²) in [6, 6.07) is 0. The summed E-state index contributed by atoms with van der Waals surface area (Å²) in [6.45, 7) is 4.76. The van der Waals surface area contributed by atoms with E-state index in [0.29, 0.717) is 18.4 Å². The van der Waals surface area contributed by atoms with Crippen LogP contribution in [0.1, 0.15) is 26.7 Å². The molecule has 1 aliphatic rings. The summed E-state index contributed by atoms with van der Waals surface area (Å²) >= 11 is 0. The van der Waals surface area contributed by atoms with Crippen LogP contribution in [0.15, 0.2) is 0 Å². The minimum atomic E-state index is -0.694. The molecule has 1 heterocycles. The quantitative estimate of drug-likeness (QED) is 0.687. The molecular weight excluding hydrogens is 156 g/mol. The van der Waals surface area contributed by atoms with E-state index in [-0.39, 0.29) is 12.5 Å². The van der Waals surface area contributed by atoms with Gasteiger partial charge in [0.1, 0.15) is 0 Å². The second-order valence-corrected chi connectivity index (χ2v) is 3.71. The topological polar surface area (TPSA) is 46.5 Å². The van der Waals surface area contributed by atoms with Crippen LogP contribution in [0.3, 0.4) is 0 Å². The molecule has 0 aliphatic carbocycles. The summed E-state index contributed by atoms with van der Waals surface area (Å²) in [5.41, 5.74) is 0. The summed E-state index contributed by atoms with van der Waals surface area (Å²) in [4.78, 5) is 10.5. The monoisotopic (exact) mass is 172 g/mol. The highest BCUT2D eigenvalue weighted by molar-refractivity contribution is 5.67. The van der Waals surface area contributed by atoms with Crippen molar-refractivity contribution in [2.24, 2.45) is 11.8 Å². The minimum absolute atomic E-state index is 0.227. The molecule has 3 unspecified atom stereocenters. The van der Waals surface area contributed by atoms with E-state index in [0.717, 1.165) is 6.42 Å². The molecule has 0 saturated carbocycles. The second kappa shape index (κ2) is 3.90. The van der Waals surface area contributed by atoms with Crippen LogP contribution in [-0.2, 0) is 9.53 Å². The Morgan fingerprint density at radius 2 is 2.25 bits per heavy atom. The standard InChI is InChI=1S/C9H16O3/c1-6-5-12-7(2)3-8(6)4-9(10)11/h6-8H,3-5H2,1-2H3,(H,10,11). The van der Waals surface area contributed by atoms with E-state index >= 15 is 0 Å². The number of hydrogen-bond donors (Lipinski definition) is 1. The Morgan fingerprint density at radius 3 is 2.83 bits per heavy atom. The molecule has 0 aromatic rings. The van der Waals surface area contributed by atoms with Gasteiger partial charge >= 0.3 is 5.97 Å². The van der Waals surface area contributed by atoms with Gasteiger partial charge in [-0.1, -0.05) is 6.92 Å². The van der Waals surface area contributed by atoms with Gasteiger partial charge < -0.3 is 9.84 Å². The molecule has 1 fully saturated rings. The van der Waals surface area contributed by atoms with Crippen molar-refractivity contribution < 1.29 is 14.6 Å². The lowest BCUT2D eigenvalue weighted by molar-refractivity contribution is -0.140. The molecule has 1 saturated heterocycles. The summed E-state index contributed by atoms with van der Waals surface area (Å²) in [7, 11) is 0. The maximum absolute atomic E-state index is 10.5. The van der Waals surface area contributed by atoms with Gasteiger partial charge in [-0.2, -0.15) is 0 Å². The molecule has 1 rings (SSSR count). The third kappa shape index (κ3) is 2.48. The largest absolute Gasteiger partial charge is 0.481 e. The van der Waals surface area contributed by atoms with Crippen molar-refractivity contribution in [3.05, 3.63) is 0 Å². The van der Waals surface area contributed by atoms with Gasteiger partial charge in [-0.25, -0.2) is 0 Å². The number of carboxylic acid groups (broad SMARTS) is 1. The highest BCUT2D eigenvalue weighted by Crippen LogP contribution is 2.27. The van der Waals surface area contributed by atoms with Gasteiger partial charge in [0.25, 0.3) is 0 Å². The predicted octanol–water partition coefficient (Wildman–Crippen LogP) is 1.52. The van der Waals surface area contributed by atoms with Gasteiger partial charge in [0, 0.05) is 13.0 Å². The Kier molecular flexibility index (Phi) is 3.09. The van der Waals surface area contributed by atoms with E-state index < -0.39 is 5.97 Å². The minimum Gasteiger partial charge on any atom is -0.481 e. The van der Waals surface area contributed by atoms with Crippen LogP contribution in [-0.4, -0.2) is 23.8 Å². The fraction of sp³-hybridized carbons (Fsp3) is 0.889. The average molecular weight is 172 g/mol. The van der Waals surface area contributed by atoms with Gasteiger partial charge in [0.15, 0.2) is 0 Å². The van der Waals surface area contributed by atoms with Crippen LogP contribution in [0.25, 0.3) is 0 Å². The molecule has 3 heteroatoms. The number of carboxylic acids is 1. The molecule has 0 bridgehead atoms. The summed E-state index contributed by atoms with van der Waals surface area (Å²) < 4.78 is 5.41. The van der Waals surface area contributed by atoms with E-state index in [9.17, 15) is 4.79 Å². The fourth-order valence-corrected chi connectivity index (χ4v) is 1.69. The Bertz CT molecular complexity index is 167. The maximum atomic E-state index is 10.5. The van der Waals surface area contributed by atoms with Crippen molar-refractivity contribution in [3.63, 3.8) is 0 Å². The summed E-state index contributed by atoms with van der Waals surface area (Å²) in [5, 5.41) is 8.63. The third-order valence-corrected chi connectivity index (χ3v) is 2.52. The lowest BCUT2D eigenvalue weighted by atomic mass is 9.85. The van der Waals surface area contributed by atoms with E-state index in [1.807, 2.05) is 6.92 Å². The number of aliphatic carboxylic acids is 1. The van der Waals surface area contributed by atoms with Crippen LogP contribution < -0.4 is 0 Å². The molecule has 0 spiro atoms. The zero-order valence-corrected chi connectivity index (χ0v) is 7.62. The van der Waals surface area contributed by atoms with Crippen molar-refractivity contribution in [2.75, 3.05) is 6.61 Å². The number of hydrogen-bond acceptors (Lipinski definition) is 2. The van der Waals surface area contributed by atoms with Crippen molar-refractivity contribution in [1.82, 2.24) is 0 Å². The molecule has 1 aliphatic heterocycles. The van der Waals surface area contributed by atoms with E-state index in [2.05, 4.69) is 6.92 Å². The molecule has 0 amide bonds. The summed E-state index contributed by atoms with van der Waals surface area (Å²) in [5.74, 6) is -0.00972. The molecule has 0 aromatic carbocycles. The van der Waals surface area contributed by atoms with Crippen molar-refractivity contribution in [3.8, 4) is 0 Å². The van der Waals surface area contributed by atoms with Crippen molar-refractivity contribution in [1.29, 1.82) is 0 Å². The third-order valence-electron chi connectivity index (χ3n) is 2.52. The first-order valence-electron chi connectivity index (χ1n) is 4.43. The number of rotatable bonds is 2. The van der Waals surface area contributed by atoms with Crippen molar-refractivity contribution >= 4 is 5.97 Å². The van der Waals surface area contributed by atoms with Crippen LogP contribution in [0, 0.1) is 11.8 Å².